The summed E-state index contributed by atoms with van der Waals surface area (Å²) in [6, 6.07) is 3.89. The number of benzene rings is 1. The van der Waals surface area contributed by atoms with Crippen LogP contribution in [0.25, 0.3) is 5.69 Å². The van der Waals surface area contributed by atoms with Crippen LogP contribution in [0.2, 0.25) is 5.02 Å². The maximum Gasteiger partial charge on any atom is 0.348 e. The van der Waals surface area contributed by atoms with E-state index in [1.54, 1.807) is 0 Å². The molecule has 2 rings (SSSR count). The van der Waals surface area contributed by atoms with E-state index in [4.69, 9.17) is 11.6 Å². The number of unbranched alkanes of at least 4 members (excludes halogenated alkanes) is 1. The van der Waals surface area contributed by atoms with Crippen LogP contribution in [0.4, 0.5) is 5.69 Å². The number of aryl methyl sites for hydroxylation is 1. The van der Waals surface area contributed by atoms with Crippen molar-refractivity contribution in [3.63, 3.8) is 0 Å². The molecular formula is C12H13ClN4O3. The number of nitrogens with zero attached hydrogens (tertiary/aromatic N) is 3. The first kappa shape index (κ1) is 14.3. The number of nitrogens with one attached hydrogen (secondary N) is 1. The Hall–Kier alpha value is -2.15. The molecule has 0 unspecified atom stereocenters. The summed E-state index contributed by atoms with van der Waals surface area (Å²) >= 11 is 5.98. The van der Waals surface area contributed by atoms with Crippen molar-refractivity contribution in [1.29, 1.82) is 0 Å². The average molecular weight is 297 g/mol. The molecule has 0 bridgehead atoms. The molecule has 8 heteroatoms. The van der Waals surface area contributed by atoms with Gasteiger partial charge in [-0.1, -0.05) is 24.9 Å². The number of non-ortho nitro benzene ring substituents is 1. The van der Waals surface area contributed by atoms with Crippen LogP contribution >= 0.6 is 11.6 Å². The van der Waals surface area contributed by atoms with E-state index in [-0.39, 0.29) is 16.4 Å². The summed E-state index contributed by atoms with van der Waals surface area (Å²) in [5.74, 6) is 0.541. The molecule has 1 aromatic carbocycles. The van der Waals surface area contributed by atoms with Crippen LogP contribution in [-0.2, 0) is 6.42 Å². The predicted molar refractivity (Wildman–Crippen MR) is 74.5 cm³/mol. The van der Waals surface area contributed by atoms with Crippen molar-refractivity contribution in [1.82, 2.24) is 14.8 Å². The molecule has 1 aromatic heterocycles. The molecule has 1 N–H and O–H groups in total. The molecule has 0 aliphatic rings. The number of rotatable bonds is 5. The first-order chi connectivity index (χ1) is 9.52. The summed E-state index contributed by atoms with van der Waals surface area (Å²) in [4.78, 5) is 24.7. The minimum absolute atomic E-state index is 0.144. The molecule has 1 heterocycles. The maximum absolute atomic E-state index is 11.9. The molecule has 0 atom stereocenters. The standard InChI is InChI=1S/C12H13ClN4O3/c1-2-3-4-11-14-12(18)16(15-11)10-7-8(17(19)20)5-6-9(10)13/h5-7H,2-4H2,1H3,(H,14,15,18). The third-order valence-corrected chi connectivity index (χ3v) is 3.12. The van der Waals surface area contributed by atoms with E-state index in [9.17, 15) is 14.9 Å². The Bertz CT molecular complexity index is 692. The fourth-order valence-electron chi connectivity index (χ4n) is 1.76. The SMILES string of the molecule is CCCCc1nn(-c2cc([N+](=O)[O-])ccc2Cl)c(=O)[nH]1. The van der Waals surface area contributed by atoms with Crippen molar-refractivity contribution >= 4 is 17.3 Å². The number of hydrogen-bond donors (Lipinski definition) is 1. The van der Waals surface area contributed by atoms with Gasteiger partial charge >= 0.3 is 5.69 Å². The van der Waals surface area contributed by atoms with Crippen molar-refractivity contribution in [2.75, 3.05) is 0 Å². The van der Waals surface area contributed by atoms with Gasteiger partial charge in [-0.3, -0.25) is 15.1 Å². The Morgan fingerprint density at radius 3 is 2.90 bits per heavy atom. The highest BCUT2D eigenvalue weighted by Crippen LogP contribution is 2.24. The number of aromatic amines is 1. The Balaban J connectivity index is 2.45. The minimum Gasteiger partial charge on any atom is -0.292 e. The summed E-state index contributed by atoms with van der Waals surface area (Å²) in [6.45, 7) is 2.03. The molecule has 0 fully saturated rings. The molecule has 0 aliphatic carbocycles. The number of hydrogen-bond acceptors (Lipinski definition) is 4. The van der Waals surface area contributed by atoms with Crippen molar-refractivity contribution in [2.24, 2.45) is 0 Å². The van der Waals surface area contributed by atoms with Crippen molar-refractivity contribution in [3.05, 3.63) is 49.6 Å². The van der Waals surface area contributed by atoms with Gasteiger partial charge in [0.25, 0.3) is 5.69 Å². The second kappa shape index (κ2) is 5.87. The lowest BCUT2D eigenvalue weighted by Gasteiger charge is -2.02. The second-order valence-electron chi connectivity index (χ2n) is 4.29. The smallest absolute Gasteiger partial charge is 0.292 e. The Labute approximate surface area is 119 Å². The topological polar surface area (TPSA) is 93.8 Å². The number of nitro groups is 1. The first-order valence-electron chi connectivity index (χ1n) is 6.15. The highest BCUT2D eigenvalue weighted by Gasteiger charge is 2.15. The van der Waals surface area contributed by atoms with Crippen LogP contribution < -0.4 is 5.69 Å². The second-order valence-corrected chi connectivity index (χ2v) is 4.69. The average Bonchev–Trinajstić information content (AvgIpc) is 2.77. The number of nitro benzene ring substituents is 1. The molecule has 7 nitrogen and oxygen atoms in total. The van der Waals surface area contributed by atoms with E-state index >= 15 is 0 Å². The van der Waals surface area contributed by atoms with Gasteiger partial charge in [0.2, 0.25) is 0 Å². The Kier molecular flexibility index (Phi) is 4.19. The lowest BCUT2D eigenvalue weighted by atomic mass is 10.2. The zero-order valence-electron chi connectivity index (χ0n) is 10.8. The van der Waals surface area contributed by atoms with E-state index in [0.29, 0.717) is 12.2 Å². The van der Waals surface area contributed by atoms with Gasteiger partial charge in [-0.2, -0.15) is 9.78 Å². The summed E-state index contributed by atoms with van der Waals surface area (Å²) in [6.07, 6.45) is 2.52. The Morgan fingerprint density at radius 2 is 2.25 bits per heavy atom. The van der Waals surface area contributed by atoms with Gasteiger partial charge in [-0.25, -0.2) is 4.79 Å². The fourth-order valence-corrected chi connectivity index (χ4v) is 1.96. The lowest BCUT2D eigenvalue weighted by Crippen LogP contribution is -2.16. The first-order valence-corrected chi connectivity index (χ1v) is 6.53. The monoisotopic (exact) mass is 296 g/mol. The zero-order chi connectivity index (χ0) is 14.7. The van der Waals surface area contributed by atoms with E-state index < -0.39 is 10.6 Å². The van der Waals surface area contributed by atoms with Gasteiger partial charge in [0, 0.05) is 18.6 Å². The van der Waals surface area contributed by atoms with E-state index in [1.807, 2.05) is 6.92 Å². The normalized spacial score (nSPS) is 10.7. The molecule has 0 aliphatic heterocycles. The fraction of sp³-hybridized carbons (Fsp3) is 0.333. The third kappa shape index (κ3) is 2.88. The number of halogens is 1. The summed E-state index contributed by atoms with van der Waals surface area (Å²) < 4.78 is 1.06. The van der Waals surface area contributed by atoms with Crippen molar-refractivity contribution < 1.29 is 4.92 Å². The van der Waals surface area contributed by atoms with Crippen LogP contribution in [0.3, 0.4) is 0 Å². The summed E-state index contributed by atoms with van der Waals surface area (Å²) in [5.41, 5.74) is -0.405. The summed E-state index contributed by atoms with van der Waals surface area (Å²) in [5, 5.41) is 15.1. The predicted octanol–water partition coefficient (Wildman–Crippen LogP) is 2.46. The molecular weight excluding hydrogens is 284 g/mol. The van der Waals surface area contributed by atoms with Crippen LogP contribution in [-0.4, -0.2) is 19.7 Å². The Morgan fingerprint density at radius 1 is 1.50 bits per heavy atom. The van der Waals surface area contributed by atoms with Gasteiger partial charge in [0.15, 0.2) is 0 Å². The van der Waals surface area contributed by atoms with Crippen molar-refractivity contribution in [2.45, 2.75) is 26.2 Å². The summed E-state index contributed by atoms with van der Waals surface area (Å²) in [7, 11) is 0. The number of H-pyrrole nitrogens is 1. The van der Waals surface area contributed by atoms with Crippen molar-refractivity contribution in [3.8, 4) is 5.69 Å². The molecule has 2 aromatic rings. The number of aromatic nitrogens is 3. The largest absolute Gasteiger partial charge is 0.348 e. The minimum atomic E-state index is -0.546. The molecule has 20 heavy (non-hydrogen) atoms. The third-order valence-electron chi connectivity index (χ3n) is 2.80. The van der Waals surface area contributed by atoms with E-state index in [1.165, 1.54) is 18.2 Å². The molecule has 0 radical (unpaired) electrons. The highest BCUT2D eigenvalue weighted by atomic mass is 35.5. The van der Waals surface area contributed by atoms with Gasteiger partial charge in [0.05, 0.1) is 15.6 Å². The van der Waals surface area contributed by atoms with E-state index in [0.717, 1.165) is 17.5 Å². The lowest BCUT2D eigenvalue weighted by molar-refractivity contribution is -0.384. The van der Waals surface area contributed by atoms with Crippen LogP contribution in [0.5, 0.6) is 0 Å². The maximum atomic E-state index is 11.9. The van der Waals surface area contributed by atoms with Gasteiger partial charge in [0.1, 0.15) is 5.82 Å². The highest BCUT2D eigenvalue weighted by molar-refractivity contribution is 6.32. The molecule has 0 amide bonds. The van der Waals surface area contributed by atoms with Gasteiger partial charge in [-0.15, -0.1) is 0 Å². The van der Waals surface area contributed by atoms with Crippen LogP contribution in [0, 0.1) is 10.1 Å². The van der Waals surface area contributed by atoms with Gasteiger partial charge < -0.3 is 0 Å². The quantitative estimate of drug-likeness (QED) is 0.677. The molecule has 0 saturated heterocycles. The van der Waals surface area contributed by atoms with Crippen LogP contribution in [0.1, 0.15) is 25.6 Å². The van der Waals surface area contributed by atoms with E-state index in [2.05, 4.69) is 10.1 Å². The van der Waals surface area contributed by atoms with Crippen LogP contribution in [0.15, 0.2) is 23.0 Å². The molecule has 0 saturated carbocycles. The van der Waals surface area contributed by atoms with Gasteiger partial charge in [-0.05, 0) is 12.5 Å². The zero-order valence-corrected chi connectivity index (χ0v) is 11.6. The molecule has 106 valence electrons. The molecule has 0 spiro atoms.